The van der Waals surface area contributed by atoms with Gasteiger partial charge < -0.3 is 9.29 Å². The first-order chi connectivity index (χ1) is 7.19. The molecule has 96 valence electrons. The third-order valence-electron chi connectivity index (χ3n) is 2.46. The number of rotatable bonds is 7. The van der Waals surface area contributed by atoms with Gasteiger partial charge in [-0.3, -0.25) is 4.79 Å². The van der Waals surface area contributed by atoms with Crippen LogP contribution in [0.25, 0.3) is 0 Å². The fraction of sp³-hybridized carbons (Fsp3) is 0.900. The number of unbranched alkanes of at least 4 members (excludes halogenated alkanes) is 1. The Bertz CT molecular complexity index is 324. The molecular weight excluding hydrogens is 255 g/mol. The molecule has 0 spiro atoms. The van der Waals surface area contributed by atoms with Crippen molar-refractivity contribution in [2.45, 2.75) is 40.0 Å². The second-order valence-electron chi connectivity index (χ2n) is 4.34. The zero-order valence-electron chi connectivity index (χ0n) is 11.0. The SMILES string of the molecule is CCC(C)(C)C(=O)OCCCCS(=O)(=O)[O-].[Na+]. The molecule has 0 aliphatic rings. The maximum absolute atomic E-state index is 11.5. The normalized spacial score (nSPS) is 11.8. The first kappa shape index (κ1) is 19.7. The van der Waals surface area contributed by atoms with Crippen LogP contribution >= 0.6 is 0 Å². The number of ether oxygens (including phenoxy) is 1. The van der Waals surface area contributed by atoms with Crippen molar-refractivity contribution >= 4 is 16.1 Å². The van der Waals surface area contributed by atoms with Gasteiger partial charge in [0.05, 0.1) is 22.1 Å². The summed E-state index contributed by atoms with van der Waals surface area (Å²) in [5, 5.41) is 0. The van der Waals surface area contributed by atoms with E-state index in [2.05, 4.69) is 0 Å². The number of esters is 1. The molecule has 0 N–H and O–H groups in total. The third-order valence-corrected chi connectivity index (χ3v) is 3.25. The van der Waals surface area contributed by atoms with Gasteiger partial charge in [-0.25, -0.2) is 8.42 Å². The van der Waals surface area contributed by atoms with Crippen LogP contribution in [0, 0.1) is 5.41 Å². The molecule has 5 nitrogen and oxygen atoms in total. The Kier molecular flexibility index (Phi) is 9.83. The third kappa shape index (κ3) is 10.0. The summed E-state index contributed by atoms with van der Waals surface area (Å²) in [5.74, 6) is -0.693. The van der Waals surface area contributed by atoms with Gasteiger partial charge in [0.15, 0.2) is 0 Å². The van der Waals surface area contributed by atoms with Gasteiger partial charge >= 0.3 is 35.5 Å². The van der Waals surface area contributed by atoms with Crippen molar-refractivity contribution in [1.29, 1.82) is 0 Å². The summed E-state index contributed by atoms with van der Waals surface area (Å²) >= 11 is 0. The first-order valence-corrected chi connectivity index (χ1v) is 6.87. The van der Waals surface area contributed by atoms with Crippen molar-refractivity contribution in [2.24, 2.45) is 5.41 Å². The van der Waals surface area contributed by atoms with Crippen molar-refractivity contribution < 1.29 is 52.1 Å². The molecule has 0 amide bonds. The quantitative estimate of drug-likeness (QED) is 0.239. The molecular formula is C10H19NaO5S. The molecule has 0 bridgehead atoms. The van der Waals surface area contributed by atoms with Crippen LogP contribution in [0.5, 0.6) is 0 Å². The molecule has 0 aliphatic carbocycles. The van der Waals surface area contributed by atoms with Gasteiger partial charge in [-0.15, -0.1) is 0 Å². The van der Waals surface area contributed by atoms with Gasteiger partial charge in [0, 0.05) is 5.75 Å². The van der Waals surface area contributed by atoms with E-state index >= 15 is 0 Å². The second kappa shape index (κ2) is 8.48. The molecule has 0 aromatic heterocycles. The predicted octanol–water partition coefficient (Wildman–Crippen LogP) is -1.70. The molecule has 0 radical (unpaired) electrons. The fourth-order valence-electron chi connectivity index (χ4n) is 0.885. The van der Waals surface area contributed by atoms with Crippen molar-refractivity contribution in [2.75, 3.05) is 12.4 Å². The molecule has 0 heterocycles. The standard InChI is InChI=1S/C10H20O5S.Na/c1-4-10(2,3)9(11)15-7-5-6-8-16(12,13)14;/h4-8H2,1-3H3,(H,12,13,14);/q;+1/p-1. The molecule has 0 saturated carbocycles. The van der Waals surface area contributed by atoms with Crippen molar-refractivity contribution in [1.82, 2.24) is 0 Å². The molecule has 7 heteroatoms. The molecule has 0 aliphatic heterocycles. The van der Waals surface area contributed by atoms with Gasteiger partial charge in [0.2, 0.25) is 0 Å². The number of carbonyl (C=O) groups is 1. The molecule has 0 saturated heterocycles. The topological polar surface area (TPSA) is 83.5 Å². The van der Waals surface area contributed by atoms with Crippen LogP contribution < -0.4 is 29.6 Å². The van der Waals surface area contributed by atoms with Crippen LogP contribution in [0.2, 0.25) is 0 Å². The summed E-state index contributed by atoms with van der Waals surface area (Å²) in [7, 11) is -4.15. The Morgan fingerprint density at radius 3 is 2.24 bits per heavy atom. The van der Waals surface area contributed by atoms with E-state index in [1.807, 2.05) is 6.92 Å². The van der Waals surface area contributed by atoms with E-state index in [0.29, 0.717) is 12.8 Å². The summed E-state index contributed by atoms with van der Waals surface area (Å²) in [6.07, 6.45) is 1.31. The van der Waals surface area contributed by atoms with Crippen molar-refractivity contribution in [3.63, 3.8) is 0 Å². The van der Waals surface area contributed by atoms with Crippen LogP contribution in [0.1, 0.15) is 40.0 Å². The largest absolute Gasteiger partial charge is 1.00 e. The molecule has 0 rings (SSSR count). The summed E-state index contributed by atoms with van der Waals surface area (Å²) < 4.78 is 35.8. The summed E-state index contributed by atoms with van der Waals surface area (Å²) in [4.78, 5) is 11.5. The molecule has 0 unspecified atom stereocenters. The smallest absolute Gasteiger partial charge is 0.748 e. The first-order valence-electron chi connectivity index (χ1n) is 5.30. The molecule has 0 aromatic carbocycles. The minimum Gasteiger partial charge on any atom is -0.748 e. The molecule has 0 aromatic rings. The zero-order chi connectivity index (χ0) is 12.8. The zero-order valence-corrected chi connectivity index (χ0v) is 13.8. The average molecular weight is 274 g/mol. The summed E-state index contributed by atoms with van der Waals surface area (Å²) in [6.45, 7) is 5.64. The maximum Gasteiger partial charge on any atom is 1.00 e. The van der Waals surface area contributed by atoms with E-state index < -0.39 is 21.3 Å². The van der Waals surface area contributed by atoms with Crippen LogP contribution in [0.3, 0.4) is 0 Å². The molecule has 0 fully saturated rings. The van der Waals surface area contributed by atoms with E-state index in [0.717, 1.165) is 0 Å². The minimum absolute atomic E-state index is 0. The Balaban J connectivity index is 0. The Morgan fingerprint density at radius 1 is 1.29 bits per heavy atom. The Hall–Kier alpha value is 0.380. The van der Waals surface area contributed by atoms with E-state index in [4.69, 9.17) is 4.74 Å². The van der Waals surface area contributed by atoms with Crippen LogP contribution in [-0.2, 0) is 19.6 Å². The van der Waals surface area contributed by atoms with Crippen LogP contribution in [-0.4, -0.2) is 31.3 Å². The predicted molar refractivity (Wildman–Crippen MR) is 58.8 cm³/mol. The maximum atomic E-state index is 11.5. The van der Waals surface area contributed by atoms with Gasteiger partial charge in [-0.2, -0.15) is 0 Å². The summed E-state index contributed by atoms with van der Waals surface area (Å²) in [6, 6.07) is 0. The molecule has 0 atom stereocenters. The van der Waals surface area contributed by atoms with E-state index in [1.165, 1.54) is 0 Å². The van der Waals surface area contributed by atoms with Crippen LogP contribution in [0.4, 0.5) is 0 Å². The van der Waals surface area contributed by atoms with E-state index in [-0.39, 0.29) is 48.6 Å². The average Bonchev–Trinajstić information content (AvgIpc) is 2.15. The summed E-state index contributed by atoms with van der Waals surface area (Å²) in [5.41, 5.74) is -0.509. The van der Waals surface area contributed by atoms with Gasteiger partial charge in [-0.1, -0.05) is 6.92 Å². The molecule has 17 heavy (non-hydrogen) atoms. The van der Waals surface area contributed by atoms with Crippen molar-refractivity contribution in [3.05, 3.63) is 0 Å². The monoisotopic (exact) mass is 274 g/mol. The second-order valence-corrected chi connectivity index (χ2v) is 5.87. The van der Waals surface area contributed by atoms with E-state index in [9.17, 15) is 17.8 Å². The number of hydrogen-bond acceptors (Lipinski definition) is 5. The Labute approximate surface area is 125 Å². The van der Waals surface area contributed by atoms with Crippen molar-refractivity contribution in [3.8, 4) is 0 Å². The number of hydrogen-bond donors (Lipinski definition) is 0. The Morgan fingerprint density at radius 2 is 1.82 bits per heavy atom. The number of carbonyl (C=O) groups excluding carboxylic acids is 1. The van der Waals surface area contributed by atoms with E-state index in [1.54, 1.807) is 13.8 Å². The van der Waals surface area contributed by atoms with Gasteiger partial charge in [-0.05, 0) is 33.1 Å². The van der Waals surface area contributed by atoms with Gasteiger partial charge in [0.25, 0.3) is 0 Å². The minimum atomic E-state index is -4.15. The van der Waals surface area contributed by atoms with Crippen LogP contribution in [0.15, 0.2) is 0 Å². The van der Waals surface area contributed by atoms with Gasteiger partial charge in [0.1, 0.15) is 0 Å². The fourth-order valence-corrected chi connectivity index (χ4v) is 1.44.